The van der Waals surface area contributed by atoms with Gasteiger partial charge in [-0.1, -0.05) is 24.3 Å². The lowest BCUT2D eigenvalue weighted by atomic mass is 10.2. The van der Waals surface area contributed by atoms with E-state index in [1.807, 2.05) is 13.0 Å². The lowest BCUT2D eigenvalue weighted by molar-refractivity contribution is -0.114. The van der Waals surface area contributed by atoms with Gasteiger partial charge in [0, 0.05) is 12.6 Å². The molecule has 0 spiro atoms. The molecular formula is C17H19N3O3S. The van der Waals surface area contributed by atoms with Crippen molar-refractivity contribution >= 4 is 27.8 Å². The zero-order valence-corrected chi connectivity index (χ0v) is 14.5. The Morgan fingerprint density at radius 3 is 2.38 bits per heavy atom. The summed E-state index contributed by atoms with van der Waals surface area (Å²) >= 11 is 0. The normalized spacial score (nSPS) is 11.5. The van der Waals surface area contributed by atoms with E-state index in [4.69, 9.17) is 0 Å². The van der Waals surface area contributed by atoms with Gasteiger partial charge in [0.2, 0.25) is 5.91 Å². The van der Waals surface area contributed by atoms with Gasteiger partial charge in [-0.3, -0.25) is 4.79 Å². The number of hydrazone groups is 1. The highest BCUT2D eigenvalue weighted by Crippen LogP contribution is 2.16. The minimum absolute atomic E-state index is 0.155. The van der Waals surface area contributed by atoms with Crippen molar-refractivity contribution in [3.8, 4) is 0 Å². The summed E-state index contributed by atoms with van der Waals surface area (Å²) in [6, 6.07) is 12.1. The second kappa shape index (κ2) is 7.27. The van der Waals surface area contributed by atoms with E-state index in [-0.39, 0.29) is 10.8 Å². The molecule has 0 aliphatic carbocycles. The zero-order valence-electron chi connectivity index (χ0n) is 13.7. The second-order valence-corrected chi connectivity index (χ2v) is 7.05. The lowest BCUT2D eigenvalue weighted by Gasteiger charge is -2.07. The predicted molar refractivity (Wildman–Crippen MR) is 94.6 cm³/mol. The molecule has 0 unspecified atom stereocenters. The van der Waals surface area contributed by atoms with E-state index in [1.54, 1.807) is 43.3 Å². The summed E-state index contributed by atoms with van der Waals surface area (Å²) < 4.78 is 24.6. The third-order valence-corrected chi connectivity index (χ3v) is 4.62. The Labute approximate surface area is 141 Å². The van der Waals surface area contributed by atoms with Gasteiger partial charge in [-0.2, -0.15) is 13.5 Å². The number of anilines is 1. The molecule has 0 fully saturated rings. The predicted octanol–water partition coefficient (Wildman–Crippen LogP) is 2.57. The molecule has 1 amide bonds. The van der Waals surface area contributed by atoms with Crippen molar-refractivity contribution in [1.82, 2.24) is 4.83 Å². The Hall–Kier alpha value is -2.67. The number of carbonyl (C=O) groups is 1. The number of benzene rings is 2. The van der Waals surface area contributed by atoms with Crippen LogP contribution >= 0.6 is 0 Å². The second-order valence-electron chi connectivity index (χ2n) is 5.43. The van der Waals surface area contributed by atoms with Gasteiger partial charge in [0.05, 0.1) is 11.1 Å². The fraction of sp³-hybridized carbons (Fsp3) is 0.176. The summed E-state index contributed by atoms with van der Waals surface area (Å²) in [6.45, 7) is 4.99. The maximum absolute atomic E-state index is 12.3. The fourth-order valence-corrected chi connectivity index (χ4v) is 3.19. The standard InChI is InChI=1S/C17H19N3O3S/c1-12-4-5-13(2)17(10-12)24(22,23)20-18-11-15-6-8-16(9-7-15)19-14(3)21/h4-11,20H,1-3H3,(H,19,21)/b18-11-. The molecule has 0 saturated heterocycles. The SMILES string of the molecule is CC(=O)Nc1ccc(/C=N\NS(=O)(=O)c2cc(C)ccc2C)cc1. The number of hydrogen-bond donors (Lipinski definition) is 2. The monoisotopic (exact) mass is 345 g/mol. The van der Waals surface area contributed by atoms with E-state index in [9.17, 15) is 13.2 Å². The Morgan fingerprint density at radius 2 is 1.75 bits per heavy atom. The smallest absolute Gasteiger partial charge is 0.276 e. The summed E-state index contributed by atoms with van der Waals surface area (Å²) in [4.78, 5) is 13.4. The number of amides is 1. The van der Waals surface area contributed by atoms with Gasteiger partial charge in [0.25, 0.3) is 10.0 Å². The first-order valence-corrected chi connectivity index (χ1v) is 8.76. The molecule has 2 N–H and O–H groups in total. The van der Waals surface area contributed by atoms with Crippen LogP contribution in [0, 0.1) is 13.8 Å². The van der Waals surface area contributed by atoms with Crippen molar-refractivity contribution < 1.29 is 13.2 Å². The Morgan fingerprint density at radius 1 is 1.08 bits per heavy atom. The molecule has 0 aliphatic heterocycles. The van der Waals surface area contributed by atoms with Gasteiger partial charge in [0.15, 0.2) is 0 Å². The molecule has 6 nitrogen and oxygen atoms in total. The summed E-state index contributed by atoms with van der Waals surface area (Å²) in [5.41, 5.74) is 2.88. The van der Waals surface area contributed by atoms with Crippen molar-refractivity contribution in [2.45, 2.75) is 25.7 Å². The van der Waals surface area contributed by atoms with Crippen LogP contribution in [0.2, 0.25) is 0 Å². The third-order valence-electron chi connectivity index (χ3n) is 3.25. The van der Waals surface area contributed by atoms with Crippen molar-refractivity contribution in [3.05, 3.63) is 59.2 Å². The molecule has 2 rings (SSSR count). The first-order valence-electron chi connectivity index (χ1n) is 7.28. The molecule has 7 heteroatoms. The van der Waals surface area contributed by atoms with Crippen LogP contribution in [0.4, 0.5) is 5.69 Å². The number of hydrogen-bond acceptors (Lipinski definition) is 4. The van der Waals surface area contributed by atoms with Crippen LogP contribution < -0.4 is 10.1 Å². The summed E-state index contributed by atoms with van der Waals surface area (Å²) in [5.74, 6) is -0.155. The topological polar surface area (TPSA) is 87.6 Å². The fourth-order valence-electron chi connectivity index (χ4n) is 2.07. The van der Waals surface area contributed by atoms with Gasteiger partial charge in [-0.25, -0.2) is 4.83 Å². The Balaban J connectivity index is 2.10. The number of nitrogens with one attached hydrogen (secondary N) is 2. The minimum Gasteiger partial charge on any atom is -0.326 e. The van der Waals surface area contributed by atoms with Crippen LogP contribution in [0.5, 0.6) is 0 Å². The summed E-state index contributed by atoms with van der Waals surface area (Å²) in [6.07, 6.45) is 1.40. The molecule has 0 aromatic heterocycles. The van der Waals surface area contributed by atoms with E-state index in [0.29, 0.717) is 16.8 Å². The van der Waals surface area contributed by atoms with Crippen LogP contribution in [0.25, 0.3) is 0 Å². The quantitative estimate of drug-likeness (QED) is 0.645. The maximum Gasteiger partial charge on any atom is 0.276 e. The van der Waals surface area contributed by atoms with E-state index in [2.05, 4.69) is 15.2 Å². The Kier molecular flexibility index (Phi) is 5.35. The largest absolute Gasteiger partial charge is 0.326 e. The molecule has 0 radical (unpaired) electrons. The average Bonchev–Trinajstić information content (AvgIpc) is 2.50. The van der Waals surface area contributed by atoms with E-state index >= 15 is 0 Å². The van der Waals surface area contributed by atoms with Crippen LogP contribution in [-0.4, -0.2) is 20.5 Å². The number of aryl methyl sites for hydroxylation is 2. The molecule has 0 heterocycles. The molecule has 24 heavy (non-hydrogen) atoms. The van der Waals surface area contributed by atoms with Gasteiger partial charge in [0.1, 0.15) is 0 Å². The van der Waals surface area contributed by atoms with Gasteiger partial charge in [-0.15, -0.1) is 0 Å². The minimum atomic E-state index is -3.71. The molecule has 0 saturated carbocycles. The van der Waals surface area contributed by atoms with E-state index in [1.165, 1.54) is 13.1 Å². The summed E-state index contributed by atoms with van der Waals surface area (Å²) in [7, 11) is -3.71. The lowest BCUT2D eigenvalue weighted by Crippen LogP contribution is -2.19. The highest BCUT2D eigenvalue weighted by Gasteiger charge is 2.15. The average molecular weight is 345 g/mol. The molecular weight excluding hydrogens is 326 g/mol. The molecule has 0 bridgehead atoms. The number of carbonyl (C=O) groups excluding carboxylic acids is 1. The van der Waals surface area contributed by atoms with Gasteiger partial charge in [-0.05, 0) is 48.7 Å². The van der Waals surface area contributed by atoms with Crippen molar-refractivity contribution in [2.24, 2.45) is 5.10 Å². The van der Waals surface area contributed by atoms with Crippen LogP contribution in [-0.2, 0) is 14.8 Å². The highest BCUT2D eigenvalue weighted by atomic mass is 32.2. The number of nitrogens with zero attached hydrogens (tertiary/aromatic N) is 1. The summed E-state index contributed by atoms with van der Waals surface area (Å²) in [5, 5.41) is 6.45. The van der Waals surface area contributed by atoms with Crippen molar-refractivity contribution in [2.75, 3.05) is 5.32 Å². The van der Waals surface area contributed by atoms with Crippen LogP contribution in [0.15, 0.2) is 52.5 Å². The van der Waals surface area contributed by atoms with Crippen molar-refractivity contribution in [3.63, 3.8) is 0 Å². The maximum atomic E-state index is 12.3. The first-order chi connectivity index (χ1) is 11.3. The third kappa shape index (κ3) is 4.66. The van der Waals surface area contributed by atoms with Crippen LogP contribution in [0.3, 0.4) is 0 Å². The first kappa shape index (κ1) is 17.7. The van der Waals surface area contributed by atoms with Gasteiger partial charge < -0.3 is 5.32 Å². The molecule has 2 aromatic rings. The molecule has 0 atom stereocenters. The van der Waals surface area contributed by atoms with Gasteiger partial charge >= 0.3 is 0 Å². The Bertz CT molecular complexity index is 872. The number of sulfonamides is 1. The molecule has 2 aromatic carbocycles. The van der Waals surface area contributed by atoms with E-state index in [0.717, 1.165) is 5.56 Å². The van der Waals surface area contributed by atoms with Crippen molar-refractivity contribution in [1.29, 1.82) is 0 Å². The molecule has 126 valence electrons. The number of rotatable bonds is 5. The van der Waals surface area contributed by atoms with E-state index < -0.39 is 10.0 Å². The van der Waals surface area contributed by atoms with Crippen LogP contribution in [0.1, 0.15) is 23.6 Å². The molecule has 0 aliphatic rings. The highest BCUT2D eigenvalue weighted by molar-refractivity contribution is 7.89. The zero-order chi connectivity index (χ0) is 17.7.